The molecule has 3 rings (SSSR count). The molecule has 2 aromatic rings. The van der Waals surface area contributed by atoms with Crippen molar-refractivity contribution in [3.8, 4) is 0 Å². The minimum Gasteiger partial charge on any atom is -0.444 e. The van der Waals surface area contributed by atoms with E-state index in [0.717, 1.165) is 18.2 Å². The number of halogens is 3. The first kappa shape index (κ1) is 23.5. The van der Waals surface area contributed by atoms with E-state index in [1.807, 2.05) is 0 Å². The molecule has 0 radical (unpaired) electrons. The third-order valence-corrected chi connectivity index (χ3v) is 8.08. The molecule has 0 aromatic heterocycles. The first-order valence-electron chi connectivity index (χ1n) is 9.79. The van der Waals surface area contributed by atoms with Crippen LogP contribution in [0.5, 0.6) is 0 Å². The van der Waals surface area contributed by atoms with Gasteiger partial charge in [-0.1, -0.05) is 11.6 Å². The van der Waals surface area contributed by atoms with E-state index in [1.54, 1.807) is 20.8 Å². The summed E-state index contributed by atoms with van der Waals surface area (Å²) in [5.41, 5.74) is -0.957. The summed E-state index contributed by atoms with van der Waals surface area (Å²) in [6, 6.07) is 8.33. The number of carbonyl (C=O) groups is 1. The normalized spacial score (nSPS) is 16.8. The molecule has 1 amide bonds. The molecule has 1 aliphatic rings. The second-order valence-electron chi connectivity index (χ2n) is 8.54. The number of carbonyl (C=O) groups excluding carboxylic acids is 1. The second-order valence-corrected chi connectivity index (χ2v) is 11.2. The number of hydrogen-bond donors (Lipinski definition) is 0. The van der Waals surface area contributed by atoms with Gasteiger partial charge in [0, 0.05) is 23.7 Å². The fourth-order valence-corrected chi connectivity index (χ4v) is 5.98. The van der Waals surface area contributed by atoms with E-state index in [1.165, 1.54) is 29.2 Å². The maximum absolute atomic E-state index is 14.8. The van der Waals surface area contributed by atoms with Crippen molar-refractivity contribution in [2.75, 3.05) is 13.1 Å². The summed E-state index contributed by atoms with van der Waals surface area (Å²) in [6.45, 7) is 5.21. The highest BCUT2D eigenvalue weighted by molar-refractivity contribution is 7.92. The van der Waals surface area contributed by atoms with Crippen molar-refractivity contribution < 1.29 is 26.7 Å². The van der Waals surface area contributed by atoms with Crippen molar-refractivity contribution in [3.63, 3.8) is 0 Å². The van der Waals surface area contributed by atoms with Crippen LogP contribution in [-0.2, 0) is 19.3 Å². The number of amides is 1. The van der Waals surface area contributed by atoms with Crippen molar-refractivity contribution in [2.45, 2.75) is 48.9 Å². The quantitative estimate of drug-likeness (QED) is 0.608. The van der Waals surface area contributed by atoms with E-state index < -0.39 is 37.9 Å². The lowest BCUT2D eigenvalue weighted by Gasteiger charge is -2.41. The monoisotopic (exact) mass is 471 g/mol. The first-order chi connectivity index (χ1) is 14.4. The second kappa shape index (κ2) is 8.39. The van der Waals surface area contributed by atoms with Crippen molar-refractivity contribution in [1.29, 1.82) is 0 Å². The Morgan fingerprint density at radius 1 is 1.06 bits per heavy atom. The first-order valence-corrected chi connectivity index (χ1v) is 11.7. The summed E-state index contributed by atoms with van der Waals surface area (Å²) in [7, 11) is -4.16. The highest BCUT2D eigenvalue weighted by Crippen LogP contribution is 2.45. The fourth-order valence-electron chi connectivity index (χ4n) is 3.75. The average Bonchev–Trinajstić information content (AvgIpc) is 2.69. The lowest BCUT2D eigenvalue weighted by Crippen LogP contribution is -2.50. The highest BCUT2D eigenvalue weighted by Gasteiger charge is 2.50. The van der Waals surface area contributed by atoms with Gasteiger partial charge in [0.05, 0.1) is 4.90 Å². The van der Waals surface area contributed by atoms with Gasteiger partial charge in [-0.15, -0.1) is 0 Å². The number of likely N-dealkylation sites (tertiary alicyclic amines) is 1. The molecule has 0 aliphatic carbocycles. The number of piperidine rings is 1. The molecule has 9 heteroatoms. The zero-order valence-corrected chi connectivity index (χ0v) is 19.1. The van der Waals surface area contributed by atoms with Gasteiger partial charge >= 0.3 is 6.09 Å². The molecule has 2 aromatic carbocycles. The van der Waals surface area contributed by atoms with Crippen LogP contribution in [0.4, 0.5) is 13.6 Å². The maximum Gasteiger partial charge on any atom is 0.410 e. The zero-order valence-electron chi connectivity index (χ0n) is 17.5. The third kappa shape index (κ3) is 4.70. The Bertz CT molecular complexity index is 1070. The van der Waals surface area contributed by atoms with E-state index in [4.69, 9.17) is 16.3 Å². The molecule has 1 heterocycles. The summed E-state index contributed by atoms with van der Waals surface area (Å²) in [6.07, 6.45) is -0.806. The summed E-state index contributed by atoms with van der Waals surface area (Å²) in [5.74, 6) is -1.55. The Kier molecular flexibility index (Phi) is 6.35. The molecule has 31 heavy (non-hydrogen) atoms. The third-order valence-electron chi connectivity index (χ3n) is 5.28. The van der Waals surface area contributed by atoms with Crippen molar-refractivity contribution in [1.82, 2.24) is 4.90 Å². The van der Waals surface area contributed by atoms with Gasteiger partial charge in [-0.25, -0.2) is 22.0 Å². The minimum absolute atomic E-state index is 0.0116. The molecular formula is C22H24ClF2NO4S. The zero-order chi connectivity index (χ0) is 23.0. The Hall–Kier alpha value is -2.19. The fraction of sp³-hybridized carbons (Fsp3) is 0.409. The lowest BCUT2D eigenvalue weighted by atomic mass is 9.88. The summed E-state index contributed by atoms with van der Waals surface area (Å²) in [4.78, 5) is 13.8. The van der Waals surface area contributed by atoms with Crippen LogP contribution in [0, 0.1) is 11.6 Å². The summed E-state index contributed by atoms with van der Waals surface area (Å²) in [5, 5.41) is 0.352. The maximum atomic E-state index is 14.8. The molecule has 0 bridgehead atoms. The summed E-state index contributed by atoms with van der Waals surface area (Å²) >= 11 is 5.89. The van der Waals surface area contributed by atoms with E-state index in [2.05, 4.69) is 0 Å². The molecule has 5 nitrogen and oxygen atoms in total. The van der Waals surface area contributed by atoms with E-state index in [9.17, 15) is 22.0 Å². The van der Waals surface area contributed by atoms with Crippen molar-refractivity contribution in [3.05, 3.63) is 64.7 Å². The number of nitrogens with zero attached hydrogens (tertiary/aromatic N) is 1. The summed E-state index contributed by atoms with van der Waals surface area (Å²) < 4.78 is 59.9. The molecule has 1 aliphatic heterocycles. The van der Waals surface area contributed by atoms with Gasteiger partial charge in [0.15, 0.2) is 9.84 Å². The molecule has 0 saturated carbocycles. The van der Waals surface area contributed by atoms with Crippen LogP contribution in [0.1, 0.15) is 39.2 Å². The topological polar surface area (TPSA) is 63.7 Å². The van der Waals surface area contributed by atoms with Gasteiger partial charge in [0.25, 0.3) is 0 Å². The van der Waals surface area contributed by atoms with Gasteiger partial charge < -0.3 is 9.64 Å². The molecular weight excluding hydrogens is 448 g/mol. The van der Waals surface area contributed by atoms with Crippen LogP contribution in [0.15, 0.2) is 47.4 Å². The van der Waals surface area contributed by atoms with Crippen LogP contribution in [0.3, 0.4) is 0 Å². The Morgan fingerprint density at radius 3 is 2.19 bits per heavy atom. The number of rotatable bonds is 3. The van der Waals surface area contributed by atoms with Crippen molar-refractivity contribution in [2.24, 2.45) is 0 Å². The molecule has 0 N–H and O–H groups in total. The van der Waals surface area contributed by atoms with Crippen LogP contribution in [0.25, 0.3) is 0 Å². The molecule has 0 atom stereocenters. The van der Waals surface area contributed by atoms with E-state index >= 15 is 0 Å². The highest BCUT2D eigenvalue weighted by atomic mass is 35.5. The SMILES string of the molecule is CC(C)(C)OC(=O)N1CCC(c2cc(F)ccc2F)(S(=O)(=O)c2ccc(Cl)cc2)CC1. The van der Waals surface area contributed by atoms with Crippen LogP contribution < -0.4 is 0 Å². The predicted octanol–water partition coefficient (Wildman–Crippen LogP) is 5.32. The molecule has 168 valence electrons. The number of ether oxygens (including phenoxy) is 1. The largest absolute Gasteiger partial charge is 0.444 e. The van der Waals surface area contributed by atoms with E-state index in [0.29, 0.717) is 5.02 Å². The Balaban J connectivity index is 2.05. The van der Waals surface area contributed by atoms with Gasteiger partial charge in [0.1, 0.15) is 22.0 Å². The van der Waals surface area contributed by atoms with Crippen molar-refractivity contribution >= 4 is 27.5 Å². The Labute approximate surface area is 185 Å². The molecule has 0 unspecified atom stereocenters. The number of sulfone groups is 1. The van der Waals surface area contributed by atoms with Crippen LogP contribution in [0.2, 0.25) is 5.02 Å². The lowest BCUT2D eigenvalue weighted by molar-refractivity contribution is 0.0191. The number of benzene rings is 2. The molecule has 0 spiro atoms. The number of hydrogen-bond acceptors (Lipinski definition) is 4. The molecule has 1 fully saturated rings. The predicted molar refractivity (Wildman–Crippen MR) is 114 cm³/mol. The van der Waals surface area contributed by atoms with Gasteiger partial charge in [0.2, 0.25) is 0 Å². The Morgan fingerprint density at radius 2 is 1.65 bits per heavy atom. The average molecular weight is 472 g/mol. The standard InChI is InChI=1S/C22H24ClF2NO4S/c1-21(2,3)30-20(27)26-12-10-22(11-13-26,18-14-16(24)6-9-19(18)25)31(28,29)17-7-4-15(23)5-8-17/h4-9,14H,10-13H2,1-3H3. The molecule has 1 saturated heterocycles. The van der Waals surface area contributed by atoms with Crippen LogP contribution >= 0.6 is 11.6 Å². The van der Waals surface area contributed by atoms with Gasteiger partial charge in [-0.3, -0.25) is 0 Å². The van der Waals surface area contributed by atoms with Gasteiger partial charge in [-0.05, 0) is 76.1 Å². The van der Waals surface area contributed by atoms with Crippen LogP contribution in [-0.4, -0.2) is 38.1 Å². The minimum atomic E-state index is -4.16. The smallest absolute Gasteiger partial charge is 0.410 e. The van der Waals surface area contributed by atoms with E-state index in [-0.39, 0.29) is 36.4 Å². The van der Waals surface area contributed by atoms with Gasteiger partial charge in [-0.2, -0.15) is 0 Å².